The summed E-state index contributed by atoms with van der Waals surface area (Å²) in [6.07, 6.45) is 0. The standard InChI is InChI=1S/C12H18N2O2/c1-9(13-8-12(16)14(2)3)10-4-6-11(15)7-5-10/h4-7,9,13,15H,8H2,1-3H3. The zero-order chi connectivity index (χ0) is 12.1. The van der Waals surface area contributed by atoms with Gasteiger partial charge >= 0.3 is 0 Å². The van der Waals surface area contributed by atoms with Gasteiger partial charge < -0.3 is 15.3 Å². The Kier molecular flexibility index (Phi) is 4.31. The van der Waals surface area contributed by atoms with Crippen molar-refractivity contribution in [1.82, 2.24) is 10.2 Å². The van der Waals surface area contributed by atoms with Gasteiger partial charge in [0.15, 0.2) is 0 Å². The summed E-state index contributed by atoms with van der Waals surface area (Å²) in [6.45, 7) is 2.30. The molecule has 1 unspecified atom stereocenters. The van der Waals surface area contributed by atoms with E-state index in [9.17, 15) is 4.79 Å². The molecule has 4 heteroatoms. The Morgan fingerprint density at radius 3 is 2.44 bits per heavy atom. The van der Waals surface area contributed by atoms with Gasteiger partial charge in [0.1, 0.15) is 5.75 Å². The van der Waals surface area contributed by atoms with Gasteiger partial charge in [-0.2, -0.15) is 0 Å². The van der Waals surface area contributed by atoms with Crippen LogP contribution in [0, 0.1) is 0 Å². The number of amides is 1. The van der Waals surface area contributed by atoms with E-state index < -0.39 is 0 Å². The molecule has 0 aromatic heterocycles. The summed E-state index contributed by atoms with van der Waals surface area (Å²) in [5.74, 6) is 0.297. The predicted octanol–water partition coefficient (Wildman–Crippen LogP) is 1.13. The second kappa shape index (κ2) is 5.51. The molecular formula is C12H18N2O2. The van der Waals surface area contributed by atoms with Gasteiger partial charge in [0, 0.05) is 20.1 Å². The molecular weight excluding hydrogens is 204 g/mol. The summed E-state index contributed by atoms with van der Waals surface area (Å²) in [5.41, 5.74) is 1.05. The first-order chi connectivity index (χ1) is 7.50. The highest BCUT2D eigenvalue weighted by Crippen LogP contribution is 2.15. The number of aromatic hydroxyl groups is 1. The molecule has 0 aliphatic rings. The Balaban J connectivity index is 2.49. The van der Waals surface area contributed by atoms with E-state index in [2.05, 4.69) is 5.32 Å². The molecule has 1 aromatic rings. The van der Waals surface area contributed by atoms with Crippen molar-refractivity contribution in [2.24, 2.45) is 0 Å². The number of carbonyl (C=O) groups excluding carboxylic acids is 1. The molecule has 1 amide bonds. The molecule has 0 spiro atoms. The van der Waals surface area contributed by atoms with Gasteiger partial charge in [-0.25, -0.2) is 0 Å². The molecule has 1 atom stereocenters. The normalized spacial score (nSPS) is 12.2. The van der Waals surface area contributed by atoms with E-state index in [0.717, 1.165) is 5.56 Å². The van der Waals surface area contributed by atoms with Crippen LogP contribution in [0.2, 0.25) is 0 Å². The quantitative estimate of drug-likeness (QED) is 0.803. The summed E-state index contributed by atoms with van der Waals surface area (Å²) in [7, 11) is 3.46. The molecule has 1 aromatic carbocycles. The second-order valence-electron chi connectivity index (χ2n) is 3.98. The lowest BCUT2D eigenvalue weighted by molar-refractivity contribution is -0.127. The van der Waals surface area contributed by atoms with Gasteiger partial charge in [-0.1, -0.05) is 12.1 Å². The number of nitrogens with zero attached hydrogens (tertiary/aromatic N) is 1. The number of nitrogens with one attached hydrogen (secondary N) is 1. The third-order valence-electron chi connectivity index (χ3n) is 2.45. The lowest BCUT2D eigenvalue weighted by atomic mass is 10.1. The molecule has 0 fully saturated rings. The Morgan fingerprint density at radius 1 is 1.38 bits per heavy atom. The number of phenolic OH excluding ortho intramolecular Hbond substituents is 1. The van der Waals surface area contributed by atoms with Crippen LogP contribution in [0.1, 0.15) is 18.5 Å². The number of hydrogen-bond acceptors (Lipinski definition) is 3. The molecule has 0 bridgehead atoms. The van der Waals surface area contributed by atoms with Crippen LogP contribution >= 0.6 is 0 Å². The Hall–Kier alpha value is -1.55. The molecule has 0 aliphatic heterocycles. The fourth-order valence-electron chi connectivity index (χ4n) is 1.28. The first-order valence-electron chi connectivity index (χ1n) is 5.23. The minimum Gasteiger partial charge on any atom is -0.508 e. The molecule has 88 valence electrons. The summed E-state index contributed by atoms with van der Waals surface area (Å²) in [4.78, 5) is 12.9. The van der Waals surface area contributed by atoms with Crippen molar-refractivity contribution in [3.05, 3.63) is 29.8 Å². The molecule has 2 N–H and O–H groups in total. The van der Waals surface area contributed by atoms with Crippen molar-refractivity contribution in [2.75, 3.05) is 20.6 Å². The number of benzene rings is 1. The van der Waals surface area contributed by atoms with Crippen molar-refractivity contribution in [3.63, 3.8) is 0 Å². The van der Waals surface area contributed by atoms with Crippen LogP contribution in [0.4, 0.5) is 0 Å². The van der Waals surface area contributed by atoms with E-state index >= 15 is 0 Å². The van der Waals surface area contributed by atoms with E-state index in [1.807, 2.05) is 19.1 Å². The maximum Gasteiger partial charge on any atom is 0.236 e. The van der Waals surface area contributed by atoms with Gasteiger partial charge in [0.2, 0.25) is 5.91 Å². The molecule has 1 rings (SSSR count). The Morgan fingerprint density at radius 2 is 1.94 bits per heavy atom. The zero-order valence-electron chi connectivity index (χ0n) is 9.90. The highest BCUT2D eigenvalue weighted by Gasteiger charge is 2.08. The lowest BCUT2D eigenvalue weighted by Crippen LogP contribution is -2.34. The highest BCUT2D eigenvalue weighted by atomic mass is 16.3. The summed E-state index contributed by atoms with van der Waals surface area (Å²) >= 11 is 0. The van der Waals surface area contributed by atoms with Crippen LogP contribution in [0.5, 0.6) is 5.75 Å². The minimum atomic E-state index is 0.0469. The van der Waals surface area contributed by atoms with Crippen LogP contribution in [0.3, 0.4) is 0 Å². The first-order valence-corrected chi connectivity index (χ1v) is 5.23. The molecule has 0 radical (unpaired) electrons. The molecule has 0 heterocycles. The van der Waals surface area contributed by atoms with Crippen molar-refractivity contribution in [3.8, 4) is 5.75 Å². The molecule has 0 saturated carbocycles. The van der Waals surface area contributed by atoms with Crippen LogP contribution < -0.4 is 5.32 Å². The van der Waals surface area contributed by atoms with Gasteiger partial charge in [-0.15, -0.1) is 0 Å². The Labute approximate surface area is 95.9 Å². The van der Waals surface area contributed by atoms with E-state index in [-0.39, 0.29) is 17.7 Å². The van der Waals surface area contributed by atoms with Crippen molar-refractivity contribution in [2.45, 2.75) is 13.0 Å². The van der Waals surface area contributed by atoms with E-state index in [0.29, 0.717) is 6.54 Å². The summed E-state index contributed by atoms with van der Waals surface area (Å²) < 4.78 is 0. The largest absolute Gasteiger partial charge is 0.508 e. The van der Waals surface area contributed by atoms with Crippen molar-refractivity contribution >= 4 is 5.91 Å². The average molecular weight is 222 g/mol. The van der Waals surface area contributed by atoms with Gasteiger partial charge in [-0.05, 0) is 24.6 Å². The molecule has 16 heavy (non-hydrogen) atoms. The van der Waals surface area contributed by atoms with E-state index in [1.165, 1.54) is 0 Å². The SMILES string of the molecule is CC(NCC(=O)N(C)C)c1ccc(O)cc1. The third kappa shape index (κ3) is 3.55. The number of likely N-dealkylation sites (N-methyl/N-ethyl adjacent to an activating group) is 1. The number of carbonyl (C=O) groups is 1. The minimum absolute atomic E-state index is 0.0469. The fraction of sp³-hybridized carbons (Fsp3) is 0.417. The smallest absolute Gasteiger partial charge is 0.236 e. The fourth-order valence-corrected chi connectivity index (χ4v) is 1.28. The number of hydrogen-bond donors (Lipinski definition) is 2. The maximum atomic E-state index is 11.4. The predicted molar refractivity (Wildman–Crippen MR) is 63.2 cm³/mol. The van der Waals surface area contributed by atoms with Crippen molar-refractivity contribution < 1.29 is 9.90 Å². The summed E-state index contributed by atoms with van der Waals surface area (Å²) in [6, 6.07) is 7.05. The lowest BCUT2D eigenvalue weighted by Gasteiger charge is -2.16. The molecule has 4 nitrogen and oxygen atoms in total. The molecule has 0 saturated heterocycles. The average Bonchev–Trinajstić information content (AvgIpc) is 2.26. The third-order valence-corrected chi connectivity index (χ3v) is 2.45. The number of phenols is 1. The van der Waals surface area contributed by atoms with Gasteiger partial charge in [-0.3, -0.25) is 4.79 Å². The summed E-state index contributed by atoms with van der Waals surface area (Å²) in [5, 5.41) is 12.3. The molecule has 0 aliphatic carbocycles. The zero-order valence-corrected chi connectivity index (χ0v) is 9.90. The number of rotatable bonds is 4. The van der Waals surface area contributed by atoms with Crippen LogP contribution in [-0.4, -0.2) is 36.6 Å². The highest BCUT2D eigenvalue weighted by molar-refractivity contribution is 5.77. The van der Waals surface area contributed by atoms with Crippen LogP contribution in [-0.2, 0) is 4.79 Å². The van der Waals surface area contributed by atoms with E-state index in [4.69, 9.17) is 5.11 Å². The van der Waals surface area contributed by atoms with Gasteiger partial charge in [0.25, 0.3) is 0 Å². The maximum absolute atomic E-state index is 11.4. The Bertz CT molecular complexity index is 347. The monoisotopic (exact) mass is 222 g/mol. The van der Waals surface area contributed by atoms with Gasteiger partial charge in [0.05, 0.1) is 6.54 Å². The van der Waals surface area contributed by atoms with Crippen LogP contribution in [0.15, 0.2) is 24.3 Å². The topological polar surface area (TPSA) is 52.6 Å². The van der Waals surface area contributed by atoms with Crippen LogP contribution in [0.25, 0.3) is 0 Å². The first kappa shape index (κ1) is 12.5. The second-order valence-corrected chi connectivity index (χ2v) is 3.98. The van der Waals surface area contributed by atoms with E-state index in [1.54, 1.807) is 31.1 Å². The van der Waals surface area contributed by atoms with Crippen molar-refractivity contribution in [1.29, 1.82) is 0 Å².